The zero-order chi connectivity index (χ0) is 13.6. The molecule has 1 atom stereocenters. The van der Waals surface area contributed by atoms with Crippen molar-refractivity contribution in [1.82, 2.24) is 4.90 Å². The average Bonchev–Trinajstić information content (AvgIpc) is 2.22. The summed E-state index contributed by atoms with van der Waals surface area (Å²) in [5.74, 6) is -0.111. The molecule has 0 amide bonds. The van der Waals surface area contributed by atoms with Crippen LogP contribution in [0.15, 0.2) is 0 Å². The highest BCUT2D eigenvalue weighted by atomic mass is 127. The quantitative estimate of drug-likeness (QED) is 0.327. The number of carbonyl (C=O) groups is 1. The largest absolute Gasteiger partial charge is 0.463 e. The van der Waals surface area contributed by atoms with Gasteiger partial charge in [-0.1, -0.05) is 45.2 Å². The maximum atomic E-state index is 11.8. The molecule has 0 saturated heterocycles. The number of ether oxygens (including phenoxy) is 1. The lowest BCUT2D eigenvalue weighted by Gasteiger charge is -2.30. The van der Waals surface area contributed by atoms with Gasteiger partial charge in [-0.3, -0.25) is 9.69 Å². The molecule has 0 aliphatic carbocycles. The number of hydrogen-bond donors (Lipinski definition) is 0. The SMILES string of the molecule is CC(C)N(CCOC(=O)C(C)(I)CI)C(C)C. The molecule has 1 unspecified atom stereocenters. The van der Waals surface area contributed by atoms with E-state index >= 15 is 0 Å². The summed E-state index contributed by atoms with van der Waals surface area (Å²) in [6, 6.07) is 0.952. The highest BCUT2D eigenvalue weighted by Crippen LogP contribution is 2.22. The van der Waals surface area contributed by atoms with E-state index in [4.69, 9.17) is 4.74 Å². The van der Waals surface area contributed by atoms with Crippen LogP contribution in [0.5, 0.6) is 0 Å². The molecule has 0 aromatic carbocycles. The number of hydrogen-bond acceptors (Lipinski definition) is 3. The summed E-state index contributed by atoms with van der Waals surface area (Å²) < 4.78 is 5.70. The Bertz CT molecular complexity index is 235. The zero-order valence-corrected chi connectivity index (χ0v) is 15.6. The molecule has 0 saturated carbocycles. The number of esters is 1. The first-order chi connectivity index (χ1) is 7.72. The minimum Gasteiger partial charge on any atom is -0.463 e. The summed E-state index contributed by atoms with van der Waals surface area (Å²) in [5, 5.41) is 0. The van der Waals surface area contributed by atoms with E-state index in [1.807, 2.05) is 6.92 Å². The predicted octanol–water partition coefficient (Wildman–Crippen LogP) is 3.28. The van der Waals surface area contributed by atoms with E-state index in [1.54, 1.807) is 0 Å². The molecule has 0 aromatic heterocycles. The van der Waals surface area contributed by atoms with Gasteiger partial charge in [-0.15, -0.1) is 0 Å². The van der Waals surface area contributed by atoms with Gasteiger partial charge in [-0.2, -0.15) is 0 Å². The first-order valence-electron chi connectivity index (χ1n) is 5.90. The summed E-state index contributed by atoms with van der Waals surface area (Å²) in [4.78, 5) is 14.1. The molecule has 102 valence electrons. The van der Waals surface area contributed by atoms with Crippen molar-refractivity contribution in [1.29, 1.82) is 0 Å². The van der Waals surface area contributed by atoms with Gasteiger partial charge >= 0.3 is 5.97 Å². The molecule has 0 aliphatic rings. The van der Waals surface area contributed by atoms with E-state index in [2.05, 4.69) is 77.8 Å². The number of rotatable bonds is 7. The average molecular weight is 467 g/mol. The summed E-state index contributed by atoms with van der Waals surface area (Å²) in [6.45, 7) is 11.8. The lowest BCUT2D eigenvalue weighted by atomic mass is 10.2. The fourth-order valence-corrected chi connectivity index (χ4v) is 2.03. The number of halogens is 2. The number of alkyl halides is 2. The lowest BCUT2D eigenvalue weighted by Crippen LogP contribution is -2.41. The Kier molecular flexibility index (Phi) is 8.57. The number of carbonyl (C=O) groups excluding carboxylic acids is 1. The standard InChI is InChI=1S/C12H23I2NO2/c1-9(2)15(10(3)4)6-7-17-11(16)12(5,14)8-13/h9-10H,6-8H2,1-5H3. The minimum atomic E-state index is -0.404. The van der Waals surface area contributed by atoms with Crippen molar-refractivity contribution < 1.29 is 9.53 Å². The van der Waals surface area contributed by atoms with Gasteiger partial charge in [0.15, 0.2) is 0 Å². The summed E-state index contributed by atoms with van der Waals surface area (Å²) >= 11 is 4.37. The summed E-state index contributed by atoms with van der Waals surface area (Å²) in [7, 11) is 0. The van der Waals surface area contributed by atoms with Crippen LogP contribution >= 0.6 is 45.2 Å². The van der Waals surface area contributed by atoms with Crippen LogP contribution in [0.2, 0.25) is 0 Å². The molecule has 0 aliphatic heterocycles. The Labute approximate surface area is 132 Å². The molecule has 0 aromatic rings. The molecule has 0 bridgehead atoms. The molecule has 0 N–H and O–H groups in total. The molecular weight excluding hydrogens is 444 g/mol. The summed E-state index contributed by atoms with van der Waals surface area (Å²) in [6.07, 6.45) is 0. The Morgan fingerprint density at radius 1 is 1.29 bits per heavy atom. The van der Waals surface area contributed by atoms with Gasteiger partial charge < -0.3 is 4.74 Å². The van der Waals surface area contributed by atoms with Crippen LogP contribution in [0.1, 0.15) is 34.6 Å². The minimum absolute atomic E-state index is 0.111. The Balaban J connectivity index is 4.10. The van der Waals surface area contributed by atoms with Crippen molar-refractivity contribution in [2.24, 2.45) is 0 Å². The van der Waals surface area contributed by atoms with Crippen LogP contribution in [-0.2, 0) is 9.53 Å². The number of nitrogens with zero attached hydrogens (tertiary/aromatic N) is 1. The Hall–Kier alpha value is 0.890. The maximum absolute atomic E-state index is 11.8. The molecule has 5 heteroatoms. The van der Waals surface area contributed by atoms with E-state index in [0.29, 0.717) is 18.7 Å². The van der Waals surface area contributed by atoms with Crippen molar-refractivity contribution in [3.63, 3.8) is 0 Å². The third-order valence-corrected chi connectivity index (χ3v) is 6.39. The molecule has 17 heavy (non-hydrogen) atoms. The Morgan fingerprint density at radius 2 is 1.76 bits per heavy atom. The van der Waals surface area contributed by atoms with Crippen LogP contribution < -0.4 is 0 Å². The Morgan fingerprint density at radius 3 is 2.12 bits per heavy atom. The fourth-order valence-electron chi connectivity index (χ4n) is 1.56. The van der Waals surface area contributed by atoms with Crippen LogP contribution in [0.3, 0.4) is 0 Å². The second-order valence-electron chi connectivity index (χ2n) is 4.89. The van der Waals surface area contributed by atoms with E-state index in [-0.39, 0.29) is 5.97 Å². The van der Waals surface area contributed by atoms with Gasteiger partial charge in [0.25, 0.3) is 0 Å². The molecule has 0 heterocycles. The molecular formula is C12H23I2NO2. The second kappa shape index (κ2) is 8.14. The third kappa shape index (κ3) is 6.56. The fraction of sp³-hybridized carbons (Fsp3) is 0.917. The molecule has 0 spiro atoms. The maximum Gasteiger partial charge on any atom is 0.322 e. The first kappa shape index (κ1) is 17.9. The van der Waals surface area contributed by atoms with E-state index in [9.17, 15) is 4.79 Å². The van der Waals surface area contributed by atoms with Gasteiger partial charge in [0.2, 0.25) is 0 Å². The zero-order valence-electron chi connectivity index (χ0n) is 11.3. The van der Waals surface area contributed by atoms with E-state index in [1.165, 1.54) is 0 Å². The van der Waals surface area contributed by atoms with Crippen molar-refractivity contribution in [3.8, 4) is 0 Å². The van der Waals surface area contributed by atoms with Crippen molar-refractivity contribution >= 4 is 51.2 Å². The van der Waals surface area contributed by atoms with Crippen LogP contribution in [0, 0.1) is 0 Å². The molecule has 0 rings (SSSR count). The second-order valence-corrected chi connectivity index (χ2v) is 8.04. The molecule has 0 radical (unpaired) electrons. The van der Waals surface area contributed by atoms with E-state index < -0.39 is 3.42 Å². The highest BCUT2D eigenvalue weighted by molar-refractivity contribution is 14.1. The first-order valence-corrected chi connectivity index (χ1v) is 8.50. The monoisotopic (exact) mass is 467 g/mol. The van der Waals surface area contributed by atoms with Gasteiger partial charge in [-0.05, 0) is 34.6 Å². The van der Waals surface area contributed by atoms with Crippen LogP contribution in [-0.4, -0.2) is 44.0 Å². The smallest absolute Gasteiger partial charge is 0.322 e. The van der Waals surface area contributed by atoms with Crippen LogP contribution in [0.4, 0.5) is 0 Å². The molecule has 0 fully saturated rings. The van der Waals surface area contributed by atoms with Gasteiger partial charge in [0, 0.05) is 23.1 Å². The lowest BCUT2D eigenvalue weighted by molar-refractivity contribution is -0.145. The predicted molar refractivity (Wildman–Crippen MR) is 89.2 cm³/mol. The van der Waals surface area contributed by atoms with Gasteiger partial charge in [0.05, 0.1) is 0 Å². The van der Waals surface area contributed by atoms with Crippen molar-refractivity contribution in [3.05, 3.63) is 0 Å². The summed E-state index contributed by atoms with van der Waals surface area (Å²) in [5.41, 5.74) is 0. The van der Waals surface area contributed by atoms with Crippen molar-refractivity contribution in [2.75, 3.05) is 17.6 Å². The third-order valence-electron chi connectivity index (χ3n) is 2.59. The van der Waals surface area contributed by atoms with Crippen molar-refractivity contribution in [2.45, 2.75) is 50.1 Å². The van der Waals surface area contributed by atoms with Gasteiger partial charge in [0.1, 0.15) is 10.0 Å². The molecule has 3 nitrogen and oxygen atoms in total. The van der Waals surface area contributed by atoms with E-state index in [0.717, 1.165) is 11.0 Å². The topological polar surface area (TPSA) is 29.5 Å². The van der Waals surface area contributed by atoms with Gasteiger partial charge in [-0.25, -0.2) is 0 Å². The van der Waals surface area contributed by atoms with Crippen LogP contribution in [0.25, 0.3) is 0 Å². The highest BCUT2D eigenvalue weighted by Gasteiger charge is 2.30. The normalized spacial score (nSPS) is 15.4.